The van der Waals surface area contributed by atoms with Crippen LogP contribution in [0.4, 0.5) is 23.3 Å². The van der Waals surface area contributed by atoms with E-state index in [1.165, 1.54) is 18.5 Å². The number of nitrogens with zero attached hydrogens (tertiary/aromatic N) is 5. The van der Waals surface area contributed by atoms with Crippen molar-refractivity contribution in [2.75, 3.05) is 65.8 Å². The van der Waals surface area contributed by atoms with Crippen molar-refractivity contribution in [3.8, 4) is 0 Å². The van der Waals surface area contributed by atoms with E-state index in [-0.39, 0.29) is 0 Å². The largest absolute Gasteiger partial charge is 0.368 e. The zero-order valence-electron chi connectivity index (χ0n) is 18.8. The van der Waals surface area contributed by atoms with Gasteiger partial charge in [-0.2, -0.15) is 9.97 Å². The van der Waals surface area contributed by atoms with E-state index in [1.807, 2.05) is 0 Å². The Balaban J connectivity index is 1.52. The summed E-state index contributed by atoms with van der Waals surface area (Å²) in [6.45, 7) is 12.5. The third-order valence-electron chi connectivity index (χ3n) is 6.04. The highest BCUT2D eigenvalue weighted by Crippen LogP contribution is 2.27. The molecule has 4 rings (SSSR count). The molecule has 1 aromatic heterocycles. The molecule has 0 spiro atoms. The summed E-state index contributed by atoms with van der Waals surface area (Å²) in [4.78, 5) is 16.8. The molecule has 2 aromatic rings. The van der Waals surface area contributed by atoms with Crippen molar-refractivity contribution in [2.24, 2.45) is 5.92 Å². The summed E-state index contributed by atoms with van der Waals surface area (Å²) in [5.41, 5.74) is 1.28. The number of benzene rings is 1. The second-order valence-corrected chi connectivity index (χ2v) is 8.94. The molecule has 0 amide bonds. The summed E-state index contributed by atoms with van der Waals surface area (Å²) >= 11 is 5.41. The van der Waals surface area contributed by atoms with Crippen LogP contribution in [0.5, 0.6) is 0 Å². The van der Waals surface area contributed by atoms with Gasteiger partial charge in [-0.1, -0.05) is 31.2 Å². The van der Waals surface area contributed by atoms with Gasteiger partial charge in [0.2, 0.25) is 5.95 Å². The van der Waals surface area contributed by atoms with E-state index in [1.54, 1.807) is 6.08 Å². The molecule has 0 bridgehead atoms. The summed E-state index contributed by atoms with van der Waals surface area (Å²) in [6.07, 6.45) is 4.24. The summed E-state index contributed by atoms with van der Waals surface area (Å²) in [7, 11) is 0. The molecule has 8 heteroatoms. The van der Waals surface area contributed by atoms with Crippen LogP contribution in [0.15, 0.2) is 49.1 Å². The maximum Gasteiger partial charge on any atom is 0.232 e. The van der Waals surface area contributed by atoms with Crippen LogP contribution in [0.3, 0.4) is 0 Å². The van der Waals surface area contributed by atoms with Crippen LogP contribution in [0.25, 0.3) is 0 Å². The monoisotopic (exact) mass is 451 g/mol. The van der Waals surface area contributed by atoms with Gasteiger partial charge in [-0.25, -0.2) is 0 Å². The molecule has 2 aliphatic heterocycles. The Labute approximate surface area is 196 Å². The maximum atomic E-state index is 5.41. The molecule has 0 unspecified atom stereocenters. The number of nitrogens with one attached hydrogen (secondary N) is 2. The van der Waals surface area contributed by atoms with E-state index in [4.69, 9.17) is 22.2 Å². The van der Waals surface area contributed by atoms with E-state index >= 15 is 0 Å². The van der Waals surface area contributed by atoms with Gasteiger partial charge in [0.1, 0.15) is 11.6 Å². The lowest BCUT2D eigenvalue weighted by Crippen LogP contribution is -2.47. The first kappa shape index (κ1) is 22.3. The van der Waals surface area contributed by atoms with Crippen LogP contribution >= 0.6 is 12.2 Å². The van der Waals surface area contributed by atoms with Gasteiger partial charge in [-0.15, -0.1) is 6.58 Å². The highest BCUT2D eigenvalue weighted by Gasteiger charge is 2.23. The number of hydrogen-bond acceptors (Lipinski definition) is 6. The first-order valence-corrected chi connectivity index (χ1v) is 11.9. The van der Waals surface area contributed by atoms with Crippen LogP contribution < -0.4 is 25.3 Å². The van der Waals surface area contributed by atoms with Crippen molar-refractivity contribution >= 4 is 40.6 Å². The van der Waals surface area contributed by atoms with Crippen LogP contribution in [-0.4, -0.2) is 60.9 Å². The summed E-state index contributed by atoms with van der Waals surface area (Å²) in [6, 6.07) is 12.7. The third kappa shape index (κ3) is 5.68. The molecule has 2 saturated heterocycles. The van der Waals surface area contributed by atoms with Crippen molar-refractivity contribution in [1.82, 2.24) is 15.3 Å². The van der Waals surface area contributed by atoms with Crippen LogP contribution in [0.2, 0.25) is 0 Å². The van der Waals surface area contributed by atoms with Crippen molar-refractivity contribution < 1.29 is 0 Å². The summed E-state index contributed by atoms with van der Waals surface area (Å²) < 4.78 is 0. The SMILES string of the molecule is C=CCNC(=S)Nc1nc(N2CCN(c3ccccc3)CC2)cc(N2CCC[C@H](C)C2)n1. The molecule has 7 nitrogen and oxygen atoms in total. The first-order valence-electron chi connectivity index (χ1n) is 11.5. The normalized spacial score (nSPS) is 18.9. The molecule has 32 heavy (non-hydrogen) atoms. The zero-order valence-corrected chi connectivity index (χ0v) is 19.7. The topological polar surface area (TPSA) is 59.6 Å². The minimum atomic E-state index is 0.508. The molecule has 3 heterocycles. The molecule has 0 saturated carbocycles. The number of piperidine rings is 1. The fourth-order valence-corrected chi connectivity index (χ4v) is 4.52. The fraction of sp³-hybridized carbons (Fsp3) is 0.458. The molecule has 0 radical (unpaired) electrons. The van der Waals surface area contributed by atoms with E-state index < -0.39 is 0 Å². The predicted octanol–water partition coefficient (Wildman–Crippen LogP) is 3.51. The Hall–Kier alpha value is -2.87. The Bertz CT molecular complexity index is 912. The van der Waals surface area contributed by atoms with Crippen molar-refractivity contribution in [3.05, 3.63) is 49.1 Å². The molecule has 1 aromatic carbocycles. The Morgan fingerprint density at radius 3 is 2.44 bits per heavy atom. The maximum absolute atomic E-state index is 5.41. The van der Waals surface area contributed by atoms with Gasteiger partial charge in [0.25, 0.3) is 0 Å². The average molecular weight is 452 g/mol. The van der Waals surface area contributed by atoms with E-state index in [9.17, 15) is 0 Å². The number of aromatic nitrogens is 2. The Morgan fingerprint density at radius 1 is 1.06 bits per heavy atom. The Kier molecular flexibility index (Phi) is 7.42. The second-order valence-electron chi connectivity index (χ2n) is 8.53. The number of rotatable bonds is 6. The number of piperazine rings is 1. The predicted molar refractivity (Wildman–Crippen MR) is 138 cm³/mol. The van der Waals surface area contributed by atoms with Crippen molar-refractivity contribution in [3.63, 3.8) is 0 Å². The average Bonchev–Trinajstić information content (AvgIpc) is 2.83. The molecule has 2 aliphatic rings. The number of hydrogen-bond donors (Lipinski definition) is 2. The smallest absolute Gasteiger partial charge is 0.232 e. The van der Waals surface area contributed by atoms with Gasteiger partial charge < -0.3 is 25.3 Å². The summed E-state index contributed by atoms with van der Waals surface area (Å²) in [5, 5.41) is 6.77. The van der Waals surface area contributed by atoms with Gasteiger partial charge >= 0.3 is 0 Å². The number of thiocarbonyl (C=S) groups is 1. The quantitative estimate of drug-likeness (QED) is 0.511. The molecule has 170 valence electrons. The van der Waals surface area contributed by atoms with E-state index in [0.717, 1.165) is 50.9 Å². The second kappa shape index (κ2) is 10.6. The van der Waals surface area contributed by atoms with Gasteiger partial charge in [0.15, 0.2) is 5.11 Å². The first-order chi connectivity index (χ1) is 15.6. The molecule has 1 atom stereocenters. The van der Waals surface area contributed by atoms with Crippen LogP contribution in [0, 0.1) is 5.92 Å². The van der Waals surface area contributed by atoms with Crippen molar-refractivity contribution in [1.29, 1.82) is 0 Å². The van der Waals surface area contributed by atoms with Crippen LogP contribution in [0.1, 0.15) is 19.8 Å². The fourth-order valence-electron chi connectivity index (χ4n) is 4.34. The lowest BCUT2D eigenvalue weighted by molar-refractivity contribution is 0.444. The minimum absolute atomic E-state index is 0.508. The molecule has 2 fully saturated rings. The van der Waals surface area contributed by atoms with Gasteiger partial charge in [0.05, 0.1) is 0 Å². The lowest BCUT2D eigenvalue weighted by atomic mass is 10.0. The highest BCUT2D eigenvalue weighted by molar-refractivity contribution is 7.80. The number of anilines is 4. The van der Waals surface area contributed by atoms with Gasteiger partial charge in [0, 0.05) is 57.6 Å². The lowest BCUT2D eigenvalue weighted by Gasteiger charge is -2.37. The molecular weight excluding hydrogens is 418 g/mol. The molecule has 2 N–H and O–H groups in total. The van der Waals surface area contributed by atoms with Crippen molar-refractivity contribution in [2.45, 2.75) is 19.8 Å². The highest BCUT2D eigenvalue weighted by atomic mass is 32.1. The third-order valence-corrected chi connectivity index (χ3v) is 6.28. The summed E-state index contributed by atoms with van der Waals surface area (Å²) in [5.74, 6) is 3.14. The zero-order chi connectivity index (χ0) is 22.3. The molecular formula is C24H33N7S. The van der Waals surface area contributed by atoms with Crippen LogP contribution in [-0.2, 0) is 0 Å². The standard InChI is InChI=1S/C24H33N7S/c1-3-11-25-24(32)28-23-26-21(17-22(27-23)31-12-7-8-19(2)18-31)30-15-13-29(14-16-30)20-9-5-4-6-10-20/h3-6,9-10,17,19H,1,7-8,11-16,18H2,2H3,(H2,25,26,27,28,32)/t19-/m0/s1. The van der Waals surface area contributed by atoms with E-state index in [2.05, 4.69) is 75.2 Å². The minimum Gasteiger partial charge on any atom is -0.368 e. The van der Waals surface area contributed by atoms with Gasteiger partial charge in [-0.3, -0.25) is 0 Å². The Morgan fingerprint density at radius 2 is 1.75 bits per heavy atom. The van der Waals surface area contributed by atoms with Gasteiger partial charge in [-0.05, 0) is 43.1 Å². The van der Waals surface area contributed by atoms with E-state index in [0.29, 0.717) is 23.5 Å². The number of para-hydroxylation sites is 1. The molecule has 0 aliphatic carbocycles.